The van der Waals surface area contributed by atoms with Crippen molar-refractivity contribution >= 4 is 5.91 Å². The highest BCUT2D eigenvalue weighted by molar-refractivity contribution is 5.76. The second kappa shape index (κ2) is 60.2. The van der Waals surface area contributed by atoms with Crippen molar-refractivity contribution in [1.29, 1.82) is 0 Å². The van der Waals surface area contributed by atoms with Crippen LogP contribution in [0, 0.1) is 0 Å². The van der Waals surface area contributed by atoms with Crippen molar-refractivity contribution in [3.8, 4) is 0 Å². The van der Waals surface area contributed by atoms with Gasteiger partial charge in [-0.2, -0.15) is 0 Å². The van der Waals surface area contributed by atoms with Crippen LogP contribution in [0.3, 0.4) is 0 Å². The van der Waals surface area contributed by atoms with Crippen molar-refractivity contribution in [1.82, 2.24) is 5.32 Å². The van der Waals surface area contributed by atoms with Crippen molar-refractivity contribution in [2.45, 2.75) is 339 Å². The van der Waals surface area contributed by atoms with Crippen LogP contribution in [0.15, 0.2) is 97.2 Å². The number of carbonyl (C=O) groups is 1. The number of hydrogen-bond donors (Lipinski definition) is 6. The van der Waals surface area contributed by atoms with E-state index in [0.717, 1.165) is 77.0 Å². The summed E-state index contributed by atoms with van der Waals surface area (Å²) >= 11 is 0. The molecule has 0 saturated carbocycles. The number of nitrogens with one attached hydrogen (secondary N) is 1. The number of amides is 1. The number of carbonyl (C=O) groups excluding carboxylic acids is 1. The zero-order valence-corrected chi connectivity index (χ0v) is 52.3. The summed E-state index contributed by atoms with van der Waals surface area (Å²) < 4.78 is 11.3. The van der Waals surface area contributed by atoms with Gasteiger partial charge < -0.3 is 40.3 Å². The molecule has 7 atom stereocenters. The summed E-state index contributed by atoms with van der Waals surface area (Å²) in [7, 11) is 0. The molecule has 81 heavy (non-hydrogen) atoms. The second-order valence-corrected chi connectivity index (χ2v) is 23.2. The molecule has 0 radical (unpaired) electrons. The van der Waals surface area contributed by atoms with E-state index < -0.39 is 49.5 Å². The maximum Gasteiger partial charge on any atom is 0.220 e. The molecule has 0 aliphatic carbocycles. The molecular formula is C72H127NO8. The quantitative estimate of drug-likeness (QED) is 0.0261. The average molecular weight is 1130 g/mol. The smallest absolute Gasteiger partial charge is 0.220 e. The number of hydrogen-bond acceptors (Lipinski definition) is 8. The van der Waals surface area contributed by atoms with E-state index in [0.29, 0.717) is 6.42 Å². The van der Waals surface area contributed by atoms with E-state index in [9.17, 15) is 30.3 Å². The lowest BCUT2D eigenvalue weighted by molar-refractivity contribution is -0.302. The Kier molecular flexibility index (Phi) is 56.6. The van der Waals surface area contributed by atoms with Gasteiger partial charge in [0.15, 0.2) is 6.29 Å². The zero-order valence-electron chi connectivity index (χ0n) is 52.3. The third-order valence-electron chi connectivity index (χ3n) is 15.6. The first-order chi connectivity index (χ1) is 39.8. The highest BCUT2D eigenvalue weighted by atomic mass is 16.7. The Hall–Kier alpha value is -2.89. The van der Waals surface area contributed by atoms with E-state index >= 15 is 0 Å². The summed E-state index contributed by atoms with van der Waals surface area (Å²) in [5.74, 6) is -0.188. The Morgan fingerprint density at radius 2 is 0.778 bits per heavy atom. The Morgan fingerprint density at radius 3 is 1.19 bits per heavy atom. The summed E-state index contributed by atoms with van der Waals surface area (Å²) in [5, 5.41) is 54.7. The molecule has 9 heteroatoms. The van der Waals surface area contributed by atoms with Gasteiger partial charge in [-0.15, -0.1) is 0 Å². The summed E-state index contributed by atoms with van der Waals surface area (Å²) in [5.41, 5.74) is 0. The first kappa shape index (κ1) is 76.1. The molecular weight excluding hydrogens is 1010 g/mol. The predicted molar refractivity (Wildman–Crippen MR) is 345 cm³/mol. The van der Waals surface area contributed by atoms with Gasteiger partial charge in [0.1, 0.15) is 24.4 Å². The largest absolute Gasteiger partial charge is 0.394 e. The lowest BCUT2D eigenvalue weighted by Gasteiger charge is -2.40. The minimum absolute atomic E-state index is 0.188. The molecule has 0 aromatic heterocycles. The fourth-order valence-corrected chi connectivity index (χ4v) is 10.4. The summed E-state index contributed by atoms with van der Waals surface area (Å²) in [6, 6.07) is -0.829. The lowest BCUT2D eigenvalue weighted by atomic mass is 9.99. The molecule has 1 saturated heterocycles. The number of allylic oxidation sites excluding steroid dienone is 15. The minimum Gasteiger partial charge on any atom is -0.394 e. The minimum atomic E-state index is -1.58. The molecule has 1 fully saturated rings. The van der Waals surface area contributed by atoms with Crippen LogP contribution >= 0.6 is 0 Å². The average Bonchev–Trinajstić information content (AvgIpc) is 3.50. The van der Waals surface area contributed by atoms with Crippen molar-refractivity contribution in [2.75, 3.05) is 13.2 Å². The molecule has 0 spiro atoms. The van der Waals surface area contributed by atoms with Crippen LogP contribution in [0.2, 0.25) is 0 Å². The monoisotopic (exact) mass is 1130 g/mol. The van der Waals surface area contributed by atoms with Crippen LogP contribution < -0.4 is 5.32 Å². The molecule has 9 nitrogen and oxygen atoms in total. The van der Waals surface area contributed by atoms with Crippen LogP contribution in [0.4, 0.5) is 0 Å². The molecule has 1 heterocycles. The molecule has 0 aromatic carbocycles. The van der Waals surface area contributed by atoms with Gasteiger partial charge in [-0.1, -0.05) is 304 Å². The Morgan fingerprint density at radius 1 is 0.432 bits per heavy atom. The summed E-state index contributed by atoms with van der Waals surface area (Å²) in [6.45, 7) is 3.68. The third kappa shape index (κ3) is 49.1. The number of aliphatic hydroxyl groups excluding tert-OH is 5. The van der Waals surface area contributed by atoms with Gasteiger partial charge in [-0.05, 0) is 83.5 Å². The third-order valence-corrected chi connectivity index (χ3v) is 15.6. The van der Waals surface area contributed by atoms with Gasteiger partial charge in [0.05, 0.1) is 25.4 Å². The predicted octanol–water partition coefficient (Wildman–Crippen LogP) is 18.3. The summed E-state index contributed by atoms with van der Waals surface area (Å²) in [4.78, 5) is 13.1. The van der Waals surface area contributed by atoms with E-state index in [1.807, 2.05) is 6.08 Å². The standard InChI is InChI=1S/C72H127NO8/c1-3-5-7-9-11-13-15-17-19-21-23-25-27-29-30-31-32-33-34-35-36-38-40-42-44-46-48-50-52-54-56-58-60-62-68(76)73-65(64-80-72-71(79)70(78)69(77)67(63-74)81-72)66(75)61-59-57-55-53-51-49-47-45-43-41-39-37-28-26-24-22-20-18-16-14-12-10-8-6-4-2/h5,7,11,13,17,19,23,25,29-30,32-33,51,53,59,61,65-67,69-72,74-75,77-79H,3-4,6,8-10,12,14-16,18,20-22,24,26-28,31,34-50,52,54-58,60,62-64H2,1-2H3,(H,73,76)/b7-5-,13-11-,19-17-,25-23-,30-29-,33-32-,53-51+,61-59+. The maximum absolute atomic E-state index is 13.1. The van der Waals surface area contributed by atoms with E-state index in [4.69, 9.17) is 9.47 Å². The number of unbranched alkanes of at least 4 members (excludes halogenated alkanes) is 34. The van der Waals surface area contributed by atoms with E-state index in [1.54, 1.807) is 6.08 Å². The van der Waals surface area contributed by atoms with Crippen LogP contribution in [0.5, 0.6) is 0 Å². The van der Waals surface area contributed by atoms with E-state index in [1.165, 1.54) is 199 Å². The lowest BCUT2D eigenvalue weighted by Crippen LogP contribution is -2.60. The SMILES string of the molecule is CC/C=C\C/C=C\C/C=C\C/C=C\C/C=C\C/C=C\CCCCCCCCCCCCCCCCC(=O)NC(COC1OC(CO)C(O)C(O)C1O)C(O)/C=C/CC/C=C/CCCCCCCCCCCCCCCCCCCCC. The molecule has 468 valence electrons. The first-order valence-corrected chi connectivity index (χ1v) is 34.0. The molecule has 1 aliphatic rings. The number of ether oxygens (including phenoxy) is 2. The molecule has 0 aromatic rings. The van der Waals surface area contributed by atoms with Crippen LogP contribution in [0.25, 0.3) is 0 Å². The molecule has 1 rings (SSSR count). The zero-order chi connectivity index (χ0) is 58.6. The first-order valence-electron chi connectivity index (χ1n) is 34.0. The van der Waals surface area contributed by atoms with Gasteiger partial charge in [-0.25, -0.2) is 0 Å². The molecule has 0 bridgehead atoms. The van der Waals surface area contributed by atoms with Crippen LogP contribution in [0.1, 0.15) is 296 Å². The Labute approximate surface area is 498 Å². The maximum atomic E-state index is 13.1. The van der Waals surface area contributed by atoms with Gasteiger partial charge >= 0.3 is 0 Å². The fourth-order valence-electron chi connectivity index (χ4n) is 10.4. The topological polar surface area (TPSA) is 149 Å². The molecule has 1 aliphatic heterocycles. The number of rotatable bonds is 58. The van der Waals surface area contributed by atoms with Crippen LogP contribution in [-0.4, -0.2) is 87.5 Å². The van der Waals surface area contributed by atoms with Crippen molar-refractivity contribution in [2.24, 2.45) is 0 Å². The highest BCUT2D eigenvalue weighted by Gasteiger charge is 2.44. The van der Waals surface area contributed by atoms with Crippen LogP contribution in [-0.2, 0) is 14.3 Å². The normalized spacial score (nSPS) is 19.0. The van der Waals surface area contributed by atoms with Crippen molar-refractivity contribution in [3.63, 3.8) is 0 Å². The van der Waals surface area contributed by atoms with E-state index in [-0.39, 0.29) is 12.5 Å². The molecule has 7 unspecified atom stereocenters. The molecule has 6 N–H and O–H groups in total. The van der Waals surface area contributed by atoms with E-state index in [2.05, 4.69) is 104 Å². The van der Waals surface area contributed by atoms with Crippen molar-refractivity contribution in [3.05, 3.63) is 97.2 Å². The van der Waals surface area contributed by atoms with Gasteiger partial charge in [0.2, 0.25) is 5.91 Å². The van der Waals surface area contributed by atoms with Gasteiger partial charge in [-0.3, -0.25) is 4.79 Å². The second-order valence-electron chi connectivity index (χ2n) is 23.2. The van der Waals surface area contributed by atoms with Crippen molar-refractivity contribution < 1.29 is 39.8 Å². The molecule has 1 amide bonds. The fraction of sp³-hybridized carbons (Fsp3) is 0.764. The Balaban J connectivity index is 2.17. The van der Waals surface area contributed by atoms with Gasteiger partial charge in [0, 0.05) is 6.42 Å². The highest BCUT2D eigenvalue weighted by Crippen LogP contribution is 2.23. The Bertz CT molecular complexity index is 1600. The van der Waals surface area contributed by atoms with Gasteiger partial charge in [0.25, 0.3) is 0 Å². The number of aliphatic hydroxyl groups is 5. The summed E-state index contributed by atoms with van der Waals surface area (Å²) in [6.07, 6.45) is 80.7.